The van der Waals surface area contributed by atoms with Gasteiger partial charge in [0.05, 0.1) is 12.2 Å². The van der Waals surface area contributed by atoms with Crippen molar-refractivity contribution in [2.45, 2.75) is 51.4 Å². The smallest absolute Gasteiger partial charge is 0.270 e. The van der Waals surface area contributed by atoms with Crippen LogP contribution in [0, 0.1) is 0 Å². The average Bonchev–Trinajstić information content (AvgIpc) is 3.44. The van der Waals surface area contributed by atoms with E-state index >= 15 is 0 Å². The molecule has 0 bridgehead atoms. The number of carbonyl (C=O) groups is 1. The molecule has 1 aliphatic rings. The van der Waals surface area contributed by atoms with Crippen molar-refractivity contribution in [3.8, 4) is 10.6 Å². The van der Waals surface area contributed by atoms with E-state index in [1.807, 2.05) is 35.5 Å². The second kappa shape index (κ2) is 9.08. The van der Waals surface area contributed by atoms with E-state index in [9.17, 15) is 4.79 Å². The highest BCUT2D eigenvalue weighted by atomic mass is 32.1. The lowest BCUT2D eigenvalue weighted by Crippen LogP contribution is -2.44. The number of amides is 1. The molecule has 6 nitrogen and oxygen atoms in total. The first-order valence-electron chi connectivity index (χ1n) is 11.4. The van der Waals surface area contributed by atoms with E-state index in [2.05, 4.69) is 54.5 Å². The number of aryl methyl sites for hydroxylation is 1. The number of benzene rings is 1. The van der Waals surface area contributed by atoms with Crippen LogP contribution in [0.2, 0.25) is 0 Å². The summed E-state index contributed by atoms with van der Waals surface area (Å²) in [5.74, 6) is -0.121. The van der Waals surface area contributed by atoms with E-state index in [1.54, 1.807) is 11.3 Å². The number of thiazole rings is 1. The zero-order chi connectivity index (χ0) is 22.9. The fraction of sp³-hybridized carbons (Fsp3) is 0.346. The Labute approximate surface area is 197 Å². The summed E-state index contributed by atoms with van der Waals surface area (Å²) in [7, 11) is 1.96. The molecule has 0 saturated carbocycles. The molecule has 3 atom stereocenters. The SMILES string of the molecule is C[C@@H]1CC(NC(=O)c2cc(Cc3ccc(-c4nccs4)cc3)c3ccn(C)c3n2)C[C@H](C)O1. The Morgan fingerprint density at radius 2 is 1.94 bits per heavy atom. The highest BCUT2D eigenvalue weighted by molar-refractivity contribution is 7.13. The number of hydrogen-bond acceptors (Lipinski definition) is 5. The van der Waals surface area contributed by atoms with E-state index < -0.39 is 0 Å². The number of nitrogens with zero attached hydrogens (tertiary/aromatic N) is 3. The van der Waals surface area contributed by atoms with Crippen LogP contribution in [0.25, 0.3) is 21.6 Å². The molecule has 1 unspecified atom stereocenters. The van der Waals surface area contributed by atoms with Gasteiger partial charge in [-0.2, -0.15) is 0 Å². The molecule has 1 amide bonds. The monoisotopic (exact) mass is 460 g/mol. The number of fused-ring (bicyclic) bond motifs is 1. The Bertz CT molecular complexity index is 1250. The molecular weight excluding hydrogens is 432 g/mol. The van der Waals surface area contributed by atoms with E-state index in [-0.39, 0.29) is 24.2 Å². The summed E-state index contributed by atoms with van der Waals surface area (Å²) in [6.07, 6.45) is 6.48. The van der Waals surface area contributed by atoms with E-state index in [0.29, 0.717) is 5.69 Å². The van der Waals surface area contributed by atoms with Crippen molar-refractivity contribution in [3.63, 3.8) is 0 Å². The largest absolute Gasteiger partial charge is 0.375 e. The van der Waals surface area contributed by atoms with Crippen LogP contribution < -0.4 is 5.32 Å². The molecule has 0 spiro atoms. The quantitative estimate of drug-likeness (QED) is 0.456. The molecule has 0 aliphatic carbocycles. The van der Waals surface area contributed by atoms with Gasteiger partial charge in [0.15, 0.2) is 0 Å². The predicted molar refractivity (Wildman–Crippen MR) is 132 cm³/mol. The second-order valence-corrected chi connectivity index (χ2v) is 9.84. The minimum absolute atomic E-state index is 0.101. The van der Waals surface area contributed by atoms with Crippen molar-refractivity contribution in [2.24, 2.45) is 7.05 Å². The first-order chi connectivity index (χ1) is 16.0. The summed E-state index contributed by atoms with van der Waals surface area (Å²) in [5.41, 5.74) is 4.69. The number of ether oxygens (including phenoxy) is 1. The Morgan fingerprint density at radius 1 is 1.18 bits per heavy atom. The van der Waals surface area contributed by atoms with Crippen LogP contribution in [0.4, 0.5) is 0 Å². The molecule has 7 heteroatoms. The zero-order valence-corrected chi connectivity index (χ0v) is 19.9. The molecule has 5 rings (SSSR count). The van der Waals surface area contributed by atoms with Gasteiger partial charge in [0.25, 0.3) is 5.91 Å². The van der Waals surface area contributed by atoms with Gasteiger partial charge in [0, 0.05) is 41.8 Å². The molecule has 4 heterocycles. The summed E-state index contributed by atoms with van der Waals surface area (Å²) in [5, 5.41) is 7.27. The topological polar surface area (TPSA) is 69.0 Å². The lowest BCUT2D eigenvalue weighted by Gasteiger charge is -2.32. The predicted octanol–water partition coefficient (Wildman–Crippen LogP) is 4.97. The molecular formula is C26H28N4O2S. The van der Waals surface area contributed by atoms with Crippen molar-refractivity contribution < 1.29 is 9.53 Å². The summed E-state index contributed by atoms with van der Waals surface area (Å²) >= 11 is 1.64. The van der Waals surface area contributed by atoms with Crippen molar-refractivity contribution in [1.82, 2.24) is 19.9 Å². The standard InChI is InChI=1S/C26H28N4O2S/c1-16-12-21(13-17(2)32-16)28-25(31)23-15-20(22-8-10-30(3)24(22)29-23)14-18-4-6-19(7-5-18)26-27-9-11-33-26/h4-11,15-17,21H,12-14H2,1-3H3,(H,28,31)/t16-,17+,21?. The maximum absolute atomic E-state index is 13.2. The Balaban J connectivity index is 1.41. The normalized spacial score (nSPS) is 20.8. The van der Waals surface area contributed by atoms with Crippen LogP contribution in [-0.2, 0) is 18.2 Å². The van der Waals surface area contributed by atoms with Crippen LogP contribution in [-0.4, -0.2) is 38.7 Å². The number of aromatic nitrogens is 3. The molecule has 170 valence electrons. The molecule has 3 aromatic heterocycles. The van der Waals surface area contributed by atoms with E-state index in [4.69, 9.17) is 9.72 Å². The van der Waals surface area contributed by atoms with Gasteiger partial charge in [-0.3, -0.25) is 4.79 Å². The summed E-state index contributed by atoms with van der Waals surface area (Å²) < 4.78 is 7.78. The van der Waals surface area contributed by atoms with Crippen LogP contribution in [0.1, 0.15) is 48.3 Å². The first-order valence-corrected chi connectivity index (χ1v) is 12.2. The highest BCUT2D eigenvalue weighted by Gasteiger charge is 2.26. The van der Waals surface area contributed by atoms with Crippen molar-refractivity contribution in [2.75, 3.05) is 0 Å². The van der Waals surface area contributed by atoms with Crippen molar-refractivity contribution >= 4 is 28.3 Å². The third kappa shape index (κ3) is 4.70. The molecule has 33 heavy (non-hydrogen) atoms. The number of nitrogens with one attached hydrogen (secondary N) is 1. The van der Waals surface area contributed by atoms with Crippen LogP contribution >= 0.6 is 11.3 Å². The number of carbonyl (C=O) groups excluding carboxylic acids is 1. The fourth-order valence-corrected chi connectivity index (χ4v) is 5.34. The third-order valence-corrected chi connectivity index (χ3v) is 7.04. The van der Waals surface area contributed by atoms with Gasteiger partial charge < -0.3 is 14.6 Å². The zero-order valence-electron chi connectivity index (χ0n) is 19.1. The van der Waals surface area contributed by atoms with Gasteiger partial charge in [0.2, 0.25) is 0 Å². The molecule has 1 N–H and O–H groups in total. The Kier molecular flexibility index (Phi) is 6.00. The minimum atomic E-state index is -0.121. The summed E-state index contributed by atoms with van der Waals surface area (Å²) in [4.78, 5) is 22.2. The molecule has 0 radical (unpaired) electrons. The van der Waals surface area contributed by atoms with E-state index in [1.165, 1.54) is 5.56 Å². The van der Waals surface area contributed by atoms with Gasteiger partial charge in [-0.25, -0.2) is 9.97 Å². The number of hydrogen-bond donors (Lipinski definition) is 1. The number of pyridine rings is 1. The highest BCUT2D eigenvalue weighted by Crippen LogP contribution is 2.26. The number of rotatable bonds is 5. The average molecular weight is 461 g/mol. The van der Waals surface area contributed by atoms with Crippen LogP contribution in [0.5, 0.6) is 0 Å². The van der Waals surface area contributed by atoms with Crippen molar-refractivity contribution in [3.05, 3.63) is 71.0 Å². The molecule has 1 fully saturated rings. The minimum Gasteiger partial charge on any atom is -0.375 e. The third-order valence-electron chi connectivity index (χ3n) is 6.22. The van der Waals surface area contributed by atoms with Gasteiger partial charge in [-0.05, 0) is 56.4 Å². The lowest BCUT2D eigenvalue weighted by molar-refractivity contribution is -0.0408. The lowest BCUT2D eigenvalue weighted by atomic mass is 9.99. The first kappa shape index (κ1) is 21.8. The van der Waals surface area contributed by atoms with Crippen LogP contribution in [0.3, 0.4) is 0 Å². The van der Waals surface area contributed by atoms with Gasteiger partial charge >= 0.3 is 0 Å². The Hall–Kier alpha value is -3.03. The summed E-state index contributed by atoms with van der Waals surface area (Å²) in [6.45, 7) is 4.11. The maximum atomic E-state index is 13.2. The van der Waals surface area contributed by atoms with E-state index in [0.717, 1.165) is 46.4 Å². The maximum Gasteiger partial charge on any atom is 0.270 e. The van der Waals surface area contributed by atoms with Gasteiger partial charge in [-0.1, -0.05) is 24.3 Å². The molecule has 1 aliphatic heterocycles. The van der Waals surface area contributed by atoms with Crippen molar-refractivity contribution in [1.29, 1.82) is 0 Å². The molecule has 1 aromatic carbocycles. The van der Waals surface area contributed by atoms with Crippen LogP contribution in [0.15, 0.2) is 54.2 Å². The van der Waals surface area contributed by atoms with Gasteiger partial charge in [0.1, 0.15) is 16.3 Å². The second-order valence-electron chi connectivity index (χ2n) is 8.94. The summed E-state index contributed by atoms with van der Waals surface area (Å²) in [6, 6.07) is 12.6. The van der Waals surface area contributed by atoms with Gasteiger partial charge in [-0.15, -0.1) is 11.3 Å². The molecule has 4 aromatic rings. The molecule has 1 saturated heterocycles. The fourth-order valence-electron chi connectivity index (χ4n) is 4.70. The Morgan fingerprint density at radius 3 is 2.64 bits per heavy atom.